The van der Waals surface area contributed by atoms with Crippen LogP contribution in [0.15, 0.2) is 53.4 Å². The van der Waals surface area contributed by atoms with E-state index in [4.69, 9.17) is 27.9 Å². The van der Waals surface area contributed by atoms with Crippen molar-refractivity contribution in [2.75, 3.05) is 33.0 Å². The van der Waals surface area contributed by atoms with Crippen LogP contribution in [-0.4, -0.2) is 67.6 Å². The molecule has 1 aliphatic rings. The second-order valence-electron chi connectivity index (χ2n) is 8.58. The molecule has 2 N–H and O–H groups in total. The number of likely N-dealkylation sites (tertiary alicyclic amines) is 1. The Balaban J connectivity index is 1.52. The van der Waals surface area contributed by atoms with E-state index in [0.29, 0.717) is 47.1 Å². The lowest BCUT2D eigenvalue weighted by molar-refractivity contribution is -0.145. The van der Waals surface area contributed by atoms with E-state index in [-0.39, 0.29) is 30.2 Å². The molecule has 202 valence electrons. The Morgan fingerprint density at radius 2 is 1.76 bits per heavy atom. The number of piperidine rings is 1. The third-order valence-corrected chi connectivity index (χ3v) is 7.97. The third kappa shape index (κ3) is 7.75. The Morgan fingerprint density at radius 3 is 2.39 bits per heavy atom. The predicted molar refractivity (Wildman–Crippen MR) is 149 cm³/mol. The lowest BCUT2D eigenvalue weighted by atomic mass is 9.95. The minimum absolute atomic E-state index is 0.112. The molecule has 11 heteroatoms. The molecule has 0 aromatic heterocycles. The quantitative estimate of drug-likeness (QED) is 0.264. The topological polar surface area (TPSA) is 105 Å². The smallest absolute Gasteiger partial charge is 0.330 e. The van der Waals surface area contributed by atoms with Crippen LogP contribution >= 0.6 is 35.0 Å². The molecule has 2 aromatic rings. The SMILES string of the molecule is COC(=O)[C@H](CNC(=O)c1ccccc1)NC(=O)C1CCN(C(=O)/C=C/c2ccc(SC)c(Cl)c2Cl)CC1. The number of hydrogen-bond acceptors (Lipinski definition) is 6. The standard InChI is InChI=1S/C27H29Cl2N3O5S/c1-37-27(36)20(16-30-25(34)18-6-4-3-5-7-18)31-26(35)19-12-14-32(15-13-19)22(33)11-9-17-8-10-21(38-2)24(29)23(17)28/h3-11,19-20H,12-16H2,1-2H3,(H,30,34)(H,31,35)/b11-9+/t20-/m0/s1. The van der Waals surface area contributed by atoms with Crippen LogP contribution < -0.4 is 10.6 Å². The van der Waals surface area contributed by atoms with E-state index in [9.17, 15) is 19.2 Å². The van der Waals surface area contributed by atoms with Crippen molar-refractivity contribution in [2.45, 2.75) is 23.8 Å². The van der Waals surface area contributed by atoms with Gasteiger partial charge >= 0.3 is 5.97 Å². The monoisotopic (exact) mass is 577 g/mol. The highest BCUT2D eigenvalue weighted by atomic mass is 35.5. The van der Waals surface area contributed by atoms with Gasteiger partial charge in [-0.15, -0.1) is 11.8 Å². The van der Waals surface area contributed by atoms with Crippen molar-refractivity contribution in [3.63, 3.8) is 0 Å². The maximum atomic E-state index is 12.9. The van der Waals surface area contributed by atoms with Crippen LogP contribution in [0.3, 0.4) is 0 Å². The van der Waals surface area contributed by atoms with Crippen LogP contribution in [0.2, 0.25) is 10.0 Å². The Labute approximate surface area is 236 Å². The summed E-state index contributed by atoms with van der Waals surface area (Å²) in [5.41, 5.74) is 1.08. The lowest BCUT2D eigenvalue weighted by Gasteiger charge is -2.31. The van der Waals surface area contributed by atoms with Crippen molar-refractivity contribution < 1.29 is 23.9 Å². The van der Waals surface area contributed by atoms with Crippen molar-refractivity contribution in [3.8, 4) is 0 Å². The first-order valence-electron chi connectivity index (χ1n) is 12.0. The highest BCUT2D eigenvalue weighted by Crippen LogP contribution is 2.35. The molecule has 0 saturated carbocycles. The average molecular weight is 579 g/mol. The Hall–Kier alpha value is -3.01. The number of rotatable bonds is 9. The molecule has 0 spiro atoms. The number of ether oxygens (including phenoxy) is 1. The first kappa shape index (κ1) is 29.5. The van der Waals surface area contributed by atoms with Crippen molar-refractivity contribution in [1.29, 1.82) is 0 Å². The summed E-state index contributed by atoms with van der Waals surface area (Å²) in [6, 6.07) is 11.2. The van der Waals surface area contributed by atoms with Gasteiger partial charge in [-0.2, -0.15) is 0 Å². The van der Waals surface area contributed by atoms with E-state index in [0.717, 1.165) is 4.90 Å². The van der Waals surface area contributed by atoms with Gasteiger partial charge in [-0.05, 0) is 48.9 Å². The molecular weight excluding hydrogens is 549 g/mol. The largest absolute Gasteiger partial charge is 0.467 e. The molecule has 2 aromatic carbocycles. The molecule has 1 heterocycles. The molecule has 8 nitrogen and oxygen atoms in total. The summed E-state index contributed by atoms with van der Waals surface area (Å²) in [4.78, 5) is 52.6. The van der Waals surface area contributed by atoms with E-state index >= 15 is 0 Å². The molecule has 0 unspecified atom stereocenters. The average Bonchev–Trinajstić information content (AvgIpc) is 2.95. The van der Waals surface area contributed by atoms with Crippen LogP contribution in [0.25, 0.3) is 6.08 Å². The molecule has 38 heavy (non-hydrogen) atoms. The molecule has 1 aliphatic heterocycles. The van der Waals surface area contributed by atoms with Crippen LogP contribution in [-0.2, 0) is 19.1 Å². The Bertz CT molecular complexity index is 1200. The van der Waals surface area contributed by atoms with E-state index in [1.54, 1.807) is 47.4 Å². The number of methoxy groups -OCH3 is 1. The minimum Gasteiger partial charge on any atom is -0.467 e. The maximum absolute atomic E-state index is 12.9. The molecule has 3 amide bonds. The van der Waals surface area contributed by atoms with E-state index in [1.807, 2.05) is 12.3 Å². The van der Waals surface area contributed by atoms with E-state index in [2.05, 4.69) is 10.6 Å². The second kappa shape index (κ2) is 14.2. The number of benzene rings is 2. The third-order valence-electron chi connectivity index (χ3n) is 6.18. The predicted octanol–water partition coefficient (Wildman–Crippen LogP) is 4.05. The summed E-state index contributed by atoms with van der Waals surface area (Å²) >= 11 is 14.1. The summed E-state index contributed by atoms with van der Waals surface area (Å²) in [6.45, 7) is 0.655. The summed E-state index contributed by atoms with van der Waals surface area (Å²) < 4.78 is 4.79. The van der Waals surface area contributed by atoms with Gasteiger partial charge in [0.1, 0.15) is 6.04 Å². The lowest BCUT2D eigenvalue weighted by Crippen LogP contribution is -2.52. The zero-order valence-electron chi connectivity index (χ0n) is 21.0. The number of nitrogens with one attached hydrogen (secondary N) is 2. The summed E-state index contributed by atoms with van der Waals surface area (Å²) in [6.07, 6.45) is 5.85. The first-order valence-corrected chi connectivity index (χ1v) is 13.9. The zero-order chi connectivity index (χ0) is 27.7. The Kier molecular flexibility index (Phi) is 11.1. The number of nitrogens with zero attached hydrogens (tertiary/aromatic N) is 1. The number of thioether (sulfide) groups is 1. The van der Waals surface area contributed by atoms with Crippen molar-refractivity contribution >= 4 is 64.7 Å². The van der Waals surface area contributed by atoms with Crippen molar-refractivity contribution in [3.05, 3.63) is 69.7 Å². The number of halogens is 2. The number of carbonyl (C=O) groups is 4. The molecule has 0 bridgehead atoms. The van der Waals surface area contributed by atoms with Crippen LogP contribution in [0.1, 0.15) is 28.8 Å². The molecule has 1 atom stereocenters. The molecular formula is C27H29Cl2N3O5S. The minimum atomic E-state index is -1.03. The normalized spacial score (nSPS) is 14.7. The molecule has 3 rings (SSSR count). The van der Waals surface area contributed by atoms with Crippen molar-refractivity contribution in [1.82, 2.24) is 15.5 Å². The fourth-order valence-electron chi connectivity index (χ4n) is 3.97. The fourth-order valence-corrected chi connectivity index (χ4v) is 5.15. The van der Waals surface area contributed by atoms with Gasteiger partial charge < -0.3 is 20.3 Å². The summed E-state index contributed by atoms with van der Waals surface area (Å²) in [7, 11) is 1.22. The van der Waals surface area contributed by atoms with Gasteiger partial charge in [-0.1, -0.05) is 47.5 Å². The first-order chi connectivity index (χ1) is 18.2. The van der Waals surface area contributed by atoms with E-state index in [1.165, 1.54) is 24.9 Å². The van der Waals surface area contributed by atoms with Crippen LogP contribution in [0.4, 0.5) is 0 Å². The van der Waals surface area contributed by atoms with Gasteiger partial charge in [0.05, 0.1) is 17.2 Å². The summed E-state index contributed by atoms with van der Waals surface area (Å²) in [5, 5.41) is 6.17. The molecule has 1 saturated heterocycles. The van der Waals surface area contributed by atoms with Gasteiger partial charge in [0.2, 0.25) is 11.8 Å². The Morgan fingerprint density at radius 1 is 1.08 bits per heavy atom. The number of amides is 3. The van der Waals surface area contributed by atoms with Crippen molar-refractivity contribution in [2.24, 2.45) is 5.92 Å². The van der Waals surface area contributed by atoms with E-state index < -0.39 is 12.0 Å². The summed E-state index contributed by atoms with van der Waals surface area (Å²) in [5.74, 6) is -1.92. The van der Waals surface area contributed by atoms with Crippen LogP contribution in [0.5, 0.6) is 0 Å². The molecule has 0 radical (unpaired) electrons. The zero-order valence-corrected chi connectivity index (χ0v) is 23.4. The highest BCUT2D eigenvalue weighted by molar-refractivity contribution is 7.98. The van der Waals surface area contributed by atoms with Gasteiger partial charge in [0.15, 0.2) is 0 Å². The second-order valence-corrected chi connectivity index (χ2v) is 10.2. The van der Waals surface area contributed by atoms with Gasteiger partial charge in [-0.25, -0.2) is 4.79 Å². The molecule has 0 aliphatic carbocycles. The number of esters is 1. The maximum Gasteiger partial charge on any atom is 0.330 e. The van der Waals surface area contributed by atoms with Gasteiger partial charge in [-0.3, -0.25) is 14.4 Å². The fraction of sp³-hybridized carbons (Fsp3) is 0.333. The highest BCUT2D eigenvalue weighted by Gasteiger charge is 2.30. The van der Waals surface area contributed by atoms with Crippen LogP contribution in [0, 0.1) is 5.92 Å². The molecule has 1 fully saturated rings. The number of carbonyl (C=O) groups excluding carboxylic acids is 4. The van der Waals surface area contributed by atoms with Gasteiger partial charge in [0, 0.05) is 42.1 Å². The van der Waals surface area contributed by atoms with Gasteiger partial charge in [0.25, 0.3) is 5.91 Å². The number of hydrogen-bond donors (Lipinski definition) is 2.